The summed E-state index contributed by atoms with van der Waals surface area (Å²) in [4.78, 5) is 2.33. The normalized spacial score (nSPS) is 14.8. The number of aliphatic hydroxyl groups is 1. The molecule has 1 aromatic heterocycles. The van der Waals surface area contributed by atoms with Crippen molar-refractivity contribution in [3.8, 4) is 0 Å². The van der Waals surface area contributed by atoms with E-state index in [9.17, 15) is 5.11 Å². The van der Waals surface area contributed by atoms with Crippen LogP contribution in [0.4, 0.5) is 0 Å². The van der Waals surface area contributed by atoms with Crippen molar-refractivity contribution in [2.45, 2.75) is 33.8 Å². The van der Waals surface area contributed by atoms with Gasteiger partial charge in [-0.2, -0.15) is 0 Å². The van der Waals surface area contributed by atoms with Gasteiger partial charge in [0.2, 0.25) is 0 Å². The van der Waals surface area contributed by atoms with Gasteiger partial charge in [0.05, 0.1) is 6.10 Å². The van der Waals surface area contributed by atoms with Crippen LogP contribution in [0.15, 0.2) is 12.1 Å². The number of aliphatic hydroxyl groups excluding tert-OH is 1. The van der Waals surface area contributed by atoms with E-state index in [0.717, 1.165) is 4.88 Å². The first-order valence-electron chi connectivity index (χ1n) is 4.15. The second-order valence-electron chi connectivity index (χ2n) is 4.22. The van der Waals surface area contributed by atoms with E-state index in [-0.39, 0.29) is 11.5 Å². The average molecular weight is 184 g/mol. The number of hydrogen-bond donors (Lipinski definition) is 1. The topological polar surface area (TPSA) is 20.2 Å². The number of hydrogen-bond acceptors (Lipinski definition) is 2. The second kappa shape index (κ2) is 3.19. The van der Waals surface area contributed by atoms with Gasteiger partial charge in [-0.1, -0.05) is 20.8 Å². The third-order valence-electron chi connectivity index (χ3n) is 1.85. The maximum atomic E-state index is 9.88. The fourth-order valence-electron chi connectivity index (χ4n) is 1.03. The summed E-state index contributed by atoms with van der Waals surface area (Å²) in [5.41, 5.74) is -0.0582. The molecule has 0 spiro atoms. The molecule has 0 aliphatic rings. The van der Waals surface area contributed by atoms with Crippen molar-refractivity contribution in [3.63, 3.8) is 0 Å². The number of aryl methyl sites for hydroxylation is 1. The Morgan fingerprint density at radius 1 is 1.33 bits per heavy atom. The van der Waals surface area contributed by atoms with E-state index >= 15 is 0 Å². The molecule has 0 bridgehead atoms. The SMILES string of the molecule is Cc1ccc(C(O)C(C)(C)C)s1. The summed E-state index contributed by atoms with van der Waals surface area (Å²) in [6.07, 6.45) is -0.337. The Bertz CT molecular complexity index is 257. The standard InChI is InChI=1S/C10H16OS/c1-7-5-6-8(12-7)9(11)10(2,3)4/h5-6,9,11H,1-4H3. The molecule has 0 amide bonds. The molecule has 0 aliphatic carbocycles. The van der Waals surface area contributed by atoms with E-state index in [2.05, 4.69) is 13.0 Å². The van der Waals surface area contributed by atoms with Crippen molar-refractivity contribution >= 4 is 11.3 Å². The zero-order chi connectivity index (χ0) is 9.35. The maximum absolute atomic E-state index is 9.88. The van der Waals surface area contributed by atoms with Crippen LogP contribution in [0.25, 0.3) is 0 Å². The highest BCUT2D eigenvalue weighted by Crippen LogP contribution is 2.35. The highest BCUT2D eigenvalue weighted by Gasteiger charge is 2.24. The van der Waals surface area contributed by atoms with Crippen LogP contribution in [0.5, 0.6) is 0 Å². The third-order valence-corrected chi connectivity index (χ3v) is 2.90. The van der Waals surface area contributed by atoms with Crippen LogP contribution < -0.4 is 0 Å². The summed E-state index contributed by atoms with van der Waals surface area (Å²) in [5, 5.41) is 9.88. The van der Waals surface area contributed by atoms with Crippen molar-refractivity contribution < 1.29 is 5.11 Å². The van der Waals surface area contributed by atoms with Gasteiger partial charge in [-0.25, -0.2) is 0 Å². The van der Waals surface area contributed by atoms with Gasteiger partial charge < -0.3 is 5.11 Å². The lowest BCUT2D eigenvalue weighted by atomic mass is 9.88. The van der Waals surface area contributed by atoms with Crippen LogP contribution in [0.1, 0.15) is 36.6 Å². The Morgan fingerprint density at radius 3 is 2.25 bits per heavy atom. The van der Waals surface area contributed by atoms with E-state index in [1.807, 2.05) is 26.8 Å². The first-order chi connectivity index (χ1) is 5.41. The Kier molecular flexibility index (Phi) is 2.59. The molecule has 0 saturated carbocycles. The Labute approximate surface area is 78.1 Å². The molecular formula is C10H16OS. The zero-order valence-corrected chi connectivity index (χ0v) is 8.90. The first kappa shape index (κ1) is 9.75. The molecule has 1 nitrogen and oxygen atoms in total. The quantitative estimate of drug-likeness (QED) is 0.711. The van der Waals surface area contributed by atoms with Crippen LogP contribution in [-0.4, -0.2) is 5.11 Å². The van der Waals surface area contributed by atoms with Gasteiger partial charge in [-0.05, 0) is 24.5 Å². The molecule has 0 fully saturated rings. The fourth-order valence-corrected chi connectivity index (χ4v) is 2.14. The highest BCUT2D eigenvalue weighted by molar-refractivity contribution is 7.12. The fraction of sp³-hybridized carbons (Fsp3) is 0.600. The lowest BCUT2D eigenvalue weighted by molar-refractivity contribution is 0.0658. The summed E-state index contributed by atoms with van der Waals surface area (Å²) >= 11 is 1.67. The molecule has 0 saturated heterocycles. The molecule has 1 aromatic rings. The van der Waals surface area contributed by atoms with Crippen molar-refractivity contribution in [2.75, 3.05) is 0 Å². The van der Waals surface area contributed by atoms with E-state index in [4.69, 9.17) is 0 Å². The van der Waals surface area contributed by atoms with Crippen LogP contribution in [-0.2, 0) is 0 Å². The van der Waals surface area contributed by atoms with Crippen LogP contribution in [0.2, 0.25) is 0 Å². The van der Waals surface area contributed by atoms with Crippen molar-refractivity contribution in [1.29, 1.82) is 0 Å². The zero-order valence-electron chi connectivity index (χ0n) is 8.09. The van der Waals surface area contributed by atoms with Gasteiger partial charge >= 0.3 is 0 Å². The second-order valence-corrected chi connectivity index (χ2v) is 5.54. The molecule has 12 heavy (non-hydrogen) atoms. The minimum atomic E-state index is -0.337. The molecular weight excluding hydrogens is 168 g/mol. The van der Waals surface area contributed by atoms with E-state index in [1.165, 1.54) is 4.88 Å². The van der Waals surface area contributed by atoms with Gasteiger partial charge in [-0.3, -0.25) is 0 Å². The Morgan fingerprint density at radius 2 is 1.92 bits per heavy atom. The minimum Gasteiger partial charge on any atom is -0.387 e. The summed E-state index contributed by atoms with van der Waals surface area (Å²) in [6, 6.07) is 4.06. The Hall–Kier alpha value is -0.340. The molecule has 1 rings (SSSR count). The summed E-state index contributed by atoms with van der Waals surface area (Å²) in [6.45, 7) is 8.20. The maximum Gasteiger partial charge on any atom is 0.0930 e. The molecule has 1 atom stereocenters. The highest BCUT2D eigenvalue weighted by atomic mass is 32.1. The van der Waals surface area contributed by atoms with Gasteiger partial charge in [0.15, 0.2) is 0 Å². The lowest BCUT2D eigenvalue weighted by Crippen LogP contribution is -2.16. The van der Waals surface area contributed by atoms with Gasteiger partial charge in [-0.15, -0.1) is 11.3 Å². The molecule has 2 heteroatoms. The number of rotatable bonds is 1. The molecule has 0 aromatic carbocycles. The lowest BCUT2D eigenvalue weighted by Gasteiger charge is -2.24. The van der Waals surface area contributed by atoms with Crippen LogP contribution >= 0.6 is 11.3 Å². The predicted molar refractivity (Wildman–Crippen MR) is 53.5 cm³/mol. The molecule has 68 valence electrons. The third kappa shape index (κ3) is 2.08. The van der Waals surface area contributed by atoms with Gasteiger partial charge in [0.25, 0.3) is 0 Å². The van der Waals surface area contributed by atoms with E-state index in [1.54, 1.807) is 11.3 Å². The summed E-state index contributed by atoms with van der Waals surface area (Å²) in [7, 11) is 0. The first-order valence-corrected chi connectivity index (χ1v) is 4.97. The van der Waals surface area contributed by atoms with Gasteiger partial charge in [0, 0.05) is 9.75 Å². The molecule has 0 radical (unpaired) electrons. The predicted octanol–water partition coefficient (Wildman–Crippen LogP) is 3.14. The van der Waals surface area contributed by atoms with E-state index in [0.29, 0.717) is 0 Å². The minimum absolute atomic E-state index is 0.0582. The monoisotopic (exact) mass is 184 g/mol. The molecule has 1 N–H and O–H groups in total. The molecule has 0 aliphatic heterocycles. The van der Waals surface area contributed by atoms with Crippen LogP contribution in [0, 0.1) is 12.3 Å². The summed E-state index contributed by atoms with van der Waals surface area (Å²) < 4.78 is 0. The van der Waals surface area contributed by atoms with Crippen molar-refractivity contribution in [3.05, 3.63) is 21.9 Å². The van der Waals surface area contributed by atoms with Gasteiger partial charge in [0.1, 0.15) is 0 Å². The summed E-state index contributed by atoms with van der Waals surface area (Å²) in [5.74, 6) is 0. The van der Waals surface area contributed by atoms with Crippen molar-refractivity contribution in [1.82, 2.24) is 0 Å². The molecule has 1 unspecified atom stereocenters. The van der Waals surface area contributed by atoms with Crippen LogP contribution in [0.3, 0.4) is 0 Å². The average Bonchev–Trinajstić information content (AvgIpc) is 2.32. The van der Waals surface area contributed by atoms with Crippen molar-refractivity contribution in [2.24, 2.45) is 5.41 Å². The smallest absolute Gasteiger partial charge is 0.0930 e. The Balaban J connectivity index is 2.85. The molecule has 1 heterocycles. The number of thiophene rings is 1. The van der Waals surface area contributed by atoms with E-state index < -0.39 is 0 Å². The largest absolute Gasteiger partial charge is 0.387 e.